The van der Waals surface area contributed by atoms with Crippen LogP contribution in [0.3, 0.4) is 0 Å². The number of rotatable bonds is 7. The summed E-state index contributed by atoms with van der Waals surface area (Å²) in [5, 5.41) is 5.12. The second kappa shape index (κ2) is 6.79. The molecule has 1 aromatic carbocycles. The van der Waals surface area contributed by atoms with Crippen LogP contribution in [0.25, 0.3) is 0 Å². The van der Waals surface area contributed by atoms with Gasteiger partial charge in [-0.25, -0.2) is 0 Å². The topological polar surface area (TPSA) is 58.9 Å². The first-order chi connectivity index (χ1) is 10.7. The average Bonchev–Trinajstić information content (AvgIpc) is 3.25. The monoisotopic (exact) mass is 299 g/mol. The summed E-state index contributed by atoms with van der Waals surface area (Å²) >= 11 is 0. The van der Waals surface area contributed by atoms with Gasteiger partial charge < -0.3 is 15.1 Å². The van der Waals surface area contributed by atoms with E-state index in [4.69, 9.17) is 4.42 Å². The molecule has 3 N–H and O–H groups in total. The van der Waals surface area contributed by atoms with Crippen molar-refractivity contribution in [1.29, 1.82) is 0 Å². The van der Waals surface area contributed by atoms with Gasteiger partial charge in [-0.2, -0.15) is 0 Å². The predicted molar refractivity (Wildman–Crippen MR) is 84.1 cm³/mol. The third-order valence-electron chi connectivity index (χ3n) is 4.27. The molecule has 0 radical (unpaired) electrons. The molecule has 1 aliphatic rings. The van der Waals surface area contributed by atoms with E-state index in [0.717, 1.165) is 11.3 Å². The largest absolute Gasteiger partial charge is 0.463 e. The van der Waals surface area contributed by atoms with Crippen molar-refractivity contribution in [2.24, 2.45) is 5.92 Å². The highest BCUT2D eigenvalue weighted by Crippen LogP contribution is 2.32. The van der Waals surface area contributed by atoms with E-state index in [2.05, 4.69) is 24.4 Å². The van der Waals surface area contributed by atoms with Crippen LogP contribution in [0.4, 0.5) is 0 Å². The average molecular weight is 299 g/mol. The molecule has 0 aliphatic heterocycles. The maximum Gasteiger partial charge on any atom is 0.275 e. The normalized spacial score (nSPS) is 17.0. The highest BCUT2D eigenvalue weighted by molar-refractivity contribution is 5.77. The van der Waals surface area contributed by atoms with Gasteiger partial charge >= 0.3 is 0 Å². The van der Waals surface area contributed by atoms with Crippen LogP contribution in [-0.2, 0) is 4.79 Å². The first kappa shape index (κ1) is 14.9. The Morgan fingerprint density at radius 3 is 2.68 bits per heavy atom. The lowest BCUT2D eigenvalue weighted by Crippen LogP contribution is -2.87. The van der Waals surface area contributed by atoms with Crippen molar-refractivity contribution < 1.29 is 14.5 Å². The van der Waals surface area contributed by atoms with Gasteiger partial charge in [-0.1, -0.05) is 30.3 Å². The van der Waals surface area contributed by atoms with Gasteiger partial charge in [-0.05, 0) is 37.8 Å². The third-order valence-corrected chi connectivity index (χ3v) is 4.27. The van der Waals surface area contributed by atoms with Crippen molar-refractivity contribution in [3.8, 4) is 0 Å². The van der Waals surface area contributed by atoms with E-state index >= 15 is 0 Å². The lowest BCUT2D eigenvalue weighted by atomic mass is 10.0. The van der Waals surface area contributed by atoms with Crippen LogP contribution in [0.1, 0.15) is 37.1 Å². The SMILES string of the molecule is C[C@@H](NC(=O)C[NH2+][C@@H](c1ccccc1)c1ccco1)C1CC1. The molecule has 22 heavy (non-hydrogen) atoms. The van der Waals surface area contributed by atoms with Crippen LogP contribution < -0.4 is 10.6 Å². The van der Waals surface area contributed by atoms with Crippen molar-refractivity contribution in [2.75, 3.05) is 6.54 Å². The van der Waals surface area contributed by atoms with Crippen molar-refractivity contribution in [1.82, 2.24) is 5.32 Å². The first-order valence-corrected chi connectivity index (χ1v) is 7.95. The minimum Gasteiger partial charge on any atom is -0.463 e. The summed E-state index contributed by atoms with van der Waals surface area (Å²) < 4.78 is 5.55. The molecule has 2 atom stereocenters. The van der Waals surface area contributed by atoms with Gasteiger partial charge in [0.25, 0.3) is 5.91 Å². The van der Waals surface area contributed by atoms with Crippen LogP contribution in [0.15, 0.2) is 53.1 Å². The maximum atomic E-state index is 12.1. The lowest BCUT2D eigenvalue weighted by molar-refractivity contribution is -0.678. The number of hydrogen-bond donors (Lipinski definition) is 2. The second-order valence-electron chi connectivity index (χ2n) is 6.04. The fraction of sp³-hybridized carbons (Fsp3) is 0.389. The Labute approximate surface area is 130 Å². The Morgan fingerprint density at radius 1 is 1.27 bits per heavy atom. The molecular formula is C18H23N2O2+. The highest BCUT2D eigenvalue weighted by Gasteiger charge is 2.29. The summed E-state index contributed by atoms with van der Waals surface area (Å²) in [7, 11) is 0. The molecular weight excluding hydrogens is 276 g/mol. The smallest absolute Gasteiger partial charge is 0.275 e. The minimum absolute atomic E-state index is 0.0122. The second-order valence-corrected chi connectivity index (χ2v) is 6.04. The third kappa shape index (κ3) is 3.77. The highest BCUT2D eigenvalue weighted by atomic mass is 16.3. The fourth-order valence-electron chi connectivity index (χ4n) is 2.80. The van der Waals surface area contributed by atoms with Crippen molar-refractivity contribution in [3.05, 3.63) is 60.1 Å². The van der Waals surface area contributed by atoms with E-state index in [1.54, 1.807) is 6.26 Å². The maximum absolute atomic E-state index is 12.1. The quantitative estimate of drug-likeness (QED) is 0.819. The van der Waals surface area contributed by atoms with Crippen molar-refractivity contribution >= 4 is 5.91 Å². The number of carbonyl (C=O) groups excluding carboxylic acids is 1. The molecule has 1 aromatic heterocycles. The van der Waals surface area contributed by atoms with E-state index in [1.807, 2.05) is 35.6 Å². The standard InChI is InChI=1S/C18H22N2O2/c1-13(14-9-10-14)20-17(21)12-19-18(16-8-5-11-22-16)15-6-3-2-4-7-15/h2-8,11,13-14,18-19H,9-10,12H2,1H3,(H,20,21)/p+1/t13-,18+/m1/s1. The van der Waals surface area contributed by atoms with Gasteiger partial charge in [0.1, 0.15) is 0 Å². The summed E-state index contributed by atoms with van der Waals surface area (Å²) in [5.74, 6) is 1.64. The Hall–Kier alpha value is -2.07. The van der Waals surface area contributed by atoms with Crippen molar-refractivity contribution in [2.45, 2.75) is 31.8 Å². The van der Waals surface area contributed by atoms with E-state index in [1.165, 1.54) is 12.8 Å². The summed E-state index contributed by atoms with van der Waals surface area (Å²) in [6.07, 6.45) is 4.16. The zero-order valence-corrected chi connectivity index (χ0v) is 12.9. The van der Waals surface area contributed by atoms with E-state index in [9.17, 15) is 4.79 Å². The molecule has 4 nitrogen and oxygen atoms in total. The molecule has 0 saturated heterocycles. The Kier molecular flexibility index (Phi) is 4.59. The van der Waals surface area contributed by atoms with E-state index in [-0.39, 0.29) is 11.9 Å². The Bertz CT molecular complexity index is 591. The predicted octanol–water partition coefficient (Wildman–Crippen LogP) is 1.85. The molecule has 1 heterocycles. The summed E-state index contributed by atoms with van der Waals surface area (Å²) in [5.41, 5.74) is 1.14. The number of hydrogen-bond acceptors (Lipinski definition) is 2. The molecule has 4 heteroatoms. The fourth-order valence-corrected chi connectivity index (χ4v) is 2.80. The van der Waals surface area contributed by atoms with Gasteiger partial charge in [0.15, 0.2) is 18.3 Å². The van der Waals surface area contributed by atoms with Gasteiger partial charge in [0, 0.05) is 11.6 Å². The van der Waals surface area contributed by atoms with Crippen molar-refractivity contribution in [3.63, 3.8) is 0 Å². The van der Waals surface area contributed by atoms with Crippen LogP contribution in [-0.4, -0.2) is 18.5 Å². The van der Waals surface area contributed by atoms with Gasteiger partial charge in [0.05, 0.1) is 6.26 Å². The van der Waals surface area contributed by atoms with Gasteiger partial charge in [0.2, 0.25) is 0 Å². The van der Waals surface area contributed by atoms with E-state index in [0.29, 0.717) is 18.5 Å². The molecule has 0 unspecified atom stereocenters. The minimum atomic E-state index is 0.0122. The first-order valence-electron chi connectivity index (χ1n) is 7.95. The number of amides is 1. The van der Waals surface area contributed by atoms with Crippen LogP contribution in [0, 0.1) is 5.92 Å². The molecule has 2 aromatic rings. The molecule has 0 bridgehead atoms. The number of nitrogens with two attached hydrogens (primary N) is 1. The number of benzene rings is 1. The molecule has 0 spiro atoms. The molecule has 1 fully saturated rings. The van der Waals surface area contributed by atoms with Crippen LogP contribution >= 0.6 is 0 Å². The molecule has 3 rings (SSSR count). The number of nitrogens with one attached hydrogen (secondary N) is 1. The summed E-state index contributed by atoms with van der Waals surface area (Å²) in [4.78, 5) is 12.1. The number of carbonyl (C=O) groups is 1. The molecule has 116 valence electrons. The van der Waals surface area contributed by atoms with Gasteiger partial charge in [-0.3, -0.25) is 4.79 Å². The Morgan fingerprint density at radius 2 is 2.05 bits per heavy atom. The summed E-state index contributed by atoms with van der Waals surface area (Å²) in [6, 6.07) is 14.3. The molecule has 1 aliphatic carbocycles. The zero-order valence-electron chi connectivity index (χ0n) is 12.9. The zero-order chi connectivity index (χ0) is 15.4. The number of furan rings is 1. The molecule has 1 saturated carbocycles. The number of quaternary nitrogens is 1. The van der Waals surface area contributed by atoms with Gasteiger partial charge in [-0.15, -0.1) is 0 Å². The van der Waals surface area contributed by atoms with Crippen LogP contribution in [0.2, 0.25) is 0 Å². The van der Waals surface area contributed by atoms with Crippen LogP contribution in [0.5, 0.6) is 0 Å². The van der Waals surface area contributed by atoms with E-state index < -0.39 is 0 Å². The lowest BCUT2D eigenvalue weighted by Gasteiger charge is -2.16. The Balaban J connectivity index is 1.62. The molecule has 1 amide bonds. The summed E-state index contributed by atoms with van der Waals surface area (Å²) in [6.45, 7) is 2.49.